The first kappa shape index (κ1) is 38.8. The van der Waals surface area contributed by atoms with Crippen LogP contribution in [0.25, 0.3) is 38.5 Å². The van der Waals surface area contributed by atoms with E-state index < -0.39 is 34.7 Å². The van der Waals surface area contributed by atoms with Crippen LogP contribution in [0.1, 0.15) is 73.1 Å². The molecule has 0 N–H and O–H groups in total. The summed E-state index contributed by atoms with van der Waals surface area (Å²) in [5.41, 5.74) is 5.68. The summed E-state index contributed by atoms with van der Waals surface area (Å²) in [7, 11) is -4.80. The summed E-state index contributed by atoms with van der Waals surface area (Å²) >= 11 is 0. The number of methoxy groups -OCH3 is 1. The number of pyridine rings is 1. The van der Waals surface area contributed by atoms with Gasteiger partial charge in [0, 0.05) is 31.2 Å². The lowest BCUT2D eigenvalue weighted by atomic mass is 9.95. The van der Waals surface area contributed by atoms with Gasteiger partial charge in [-0.15, -0.1) is 5.54 Å². The lowest BCUT2D eigenvalue weighted by Gasteiger charge is -2.38. The van der Waals surface area contributed by atoms with Gasteiger partial charge in [0.25, 0.3) is 0 Å². The second-order valence-corrected chi connectivity index (χ2v) is 22.6. The summed E-state index contributed by atoms with van der Waals surface area (Å²) in [4.78, 5) is 15.9. The number of ether oxygens (including phenoxy) is 3. The van der Waals surface area contributed by atoms with Gasteiger partial charge in [0.15, 0.2) is 12.6 Å². The fraction of sp³-hybridized carbons (Fsp3) is 0.475. The molecular formula is C40H48F2N4O5SSi. The van der Waals surface area contributed by atoms with Crippen LogP contribution in [0.3, 0.4) is 0 Å². The molecule has 0 amide bonds. The molecule has 0 spiro atoms. The van der Waals surface area contributed by atoms with Gasteiger partial charge in [0.1, 0.15) is 36.7 Å². The second-order valence-electron chi connectivity index (χ2n) is 14.8. The Morgan fingerprint density at radius 1 is 1.02 bits per heavy atom. The standard InChI is InChI=1S/C40H48F2N4O5SSi/c1-10-52(47,48)40-44-38-34-36(26(8)18-28-21-50-16-11-15-46(28)39(34)45-40)43-37(35(38)42)31-20-29(51-22-49-9)19-27-12-13-32(41)30(33(27)31)14-17-53(23(2)3,24(4)5)25(6)7/h12-13,18-20,23-25,28H,10-11,15-16,21-22H2,1-9H3/t28-/m0/s1. The Hall–Kier alpha value is -3.96. The third-order valence-corrected chi connectivity index (χ3v) is 18.6. The predicted octanol–water partition coefficient (Wildman–Crippen LogP) is 8.48. The molecule has 53 heavy (non-hydrogen) atoms. The summed E-state index contributed by atoms with van der Waals surface area (Å²) in [5, 5.41) is 0.772. The number of rotatable bonds is 9. The molecular weight excluding hydrogens is 715 g/mol. The van der Waals surface area contributed by atoms with Crippen molar-refractivity contribution in [1.29, 1.82) is 0 Å². The van der Waals surface area contributed by atoms with Gasteiger partial charge in [-0.3, -0.25) is 0 Å². The number of hydrogen-bond acceptors (Lipinski definition) is 9. The molecule has 0 unspecified atom stereocenters. The lowest BCUT2D eigenvalue weighted by molar-refractivity contribution is 0.0512. The van der Waals surface area contributed by atoms with Crippen LogP contribution in [-0.2, 0) is 19.3 Å². The van der Waals surface area contributed by atoms with Crippen molar-refractivity contribution < 1.29 is 31.4 Å². The Morgan fingerprint density at radius 2 is 1.74 bits per heavy atom. The number of hydrogen-bond donors (Lipinski definition) is 0. The third kappa shape index (κ3) is 6.84. The van der Waals surface area contributed by atoms with E-state index in [9.17, 15) is 8.42 Å². The minimum Gasteiger partial charge on any atom is -0.468 e. The van der Waals surface area contributed by atoms with Crippen LogP contribution >= 0.6 is 0 Å². The number of aromatic nitrogens is 3. The summed E-state index contributed by atoms with van der Waals surface area (Å²) in [6, 6.07) is 6.03. The average molecular weight is 763 g/mol. The number of nitrogens with zero attached hydrogens (tertiary/aromatic N) is 4. The number of fused-ring (bicyclic) bond motifs is 3. The molecule has 282 valence electrons. The fourth-order valence-corrected chi connectivity index (χ4v) is 14.1. The normalized spacial score (nSPS) is 16.5. The molecule has 13 heteroatoms. The molecule has 2 aromatic heterocycles. The Bertz CT molecular complexity index is 2260. The lowest BCUT2D eigenvalue weighted by Crippen LogP contribution is -2.43. The van der Waals surface area contributed by atoms with E-state index in [4.69, 9.17) is 19.2 Å². The molecule has 9 nitrogen and oxygen atoms in total. The molecule has 0 saturated carbocycles. The monoisotopic (exact) mass is 762 g/mol. The van der Waals surface area contributed by atoms with Gasteiger partial charge >= 0.3 is 0 Å². The molecule has 1 atom stereocenters. The zero-order chi connectivity index (χ0) is 38.4. The average Bonchev–Trinajstić information content (AvgIpc) is 3.41. The molecule has 2 aliphatic rings. The highest BCUT2D eigenvalue weighted by atomic mass is 32.2. The Balaban J connectivity index is 1.76. The maximum absolute atomic E-state index is 17.5. The van der Waals surface area contributed by atoms with Crippen molar-refractivity contribution in [3.63, 3.8) is 0 Å². The predicted molar refractivity (Wildman–Crippen MR) is 209 cm³/mol. The van der Waals surface area contributed by atoms with Crippen molar-refractivity contribution in [2.24, 2.45) is 0 Å². The first-order chi connectivity index (χ1) is 25.2. The molecule has 0 radical (unpaired) electrons. The summed E-state index contributed by atoms with van der Waals surface area (Å²) < 4.78 is 77.5. The van der Waals surface area contributed by atoms with Crippen LogP contribution in [0.2, 0.25) is 16.6 Å². The van der Waals surface area contributed by atoms with Crippen molar-refractivity contribution >= 4 is 51.0 Å². The summed E-state index contributed by atoms with van der Waals surface area (Å²) in [6.45, 7) is 17.8. The molecule has 1 saturated heterocycles. The van der Waals surface area contributed by atoms with Gasteiger partial charge in [0.05, 0.1) is 35.0 Å². The minimum atomic E-state index is -3.97. The SMILES string of the molecule is CCS(=O)(=O)c1nc2c3c(nc(-c4cc(OCOC)cc5ccc(F)c(C#C[Si](C(C)C)(C(C)C)C(C)C)c45)c(F)c3n1)C(C)=C[C@H]1COCCCN21. The van der Waals surface area contributed by atoms with E-state index in [1.54, 1.807) is 18.2 Å². The third-order valence-electron chi connectivity index (χ3n) is 10.8. The minimum absolute atomic E-state index is 0.0844. The number of sulfone groups is 1. The number of halogens is 2. The van der Waals surface area contributed by atoms with Gasteiger partial charge in [-0.1, -0.05) is 66.5 Å². The van der Waals surface area contributed by atoms with Gasteiger partial charge in [-0.25, -0.2) is 32.2 Å². The van der Waals surface area contributed by atoms with Gasteiger partial charge in [-0.2, -0.15) is 0 Å². The quantitative estimate of drug-likeness (QED) is 0.0719. The van der Waals surface area contributed by atoms with E-state index >= 15 is 8.78 Å². The zero-order valence-corrected chi connectivity index (χ0v) is 33.7. The van der Waals surface area contributed by atoms with Crippen molar-refractivity contribution in [3.8, 4) is 28.5 Å². The highest BCUT2D eigenvalue weighted by Gasteiger charge is 2.42. The first-order valence-electron chi connectivity index (χ1n) is 18.2. The summed E-state index contributed by atoms with van der Waals surface area (Å²) in [5.74, 6) is 2.26. The molecule has 4 aromatic rings. The molecule has 1 fully saturated rings. The van der Waals surface area contributed by atoms with E-state index in [0.29, 0.717) is 76.0 Å². The topological polar surface area (TPSA) is 104 Å². The van der Waals surface area contributed by atoms with Crippen LogP contribution in [0.4, 0.5) is 14.6 Å². The zero-order valence-electron chi connectivity index (χ0n) is 31.9. The maximum Gasteiger partial charge on any atom is 0.249 e. The van der Waals surface area contributed by atoms with Gasteiger partial charge < -0.3 is 19.1 Å². The van der Waals surface area contributed by atoms with Crippen molar-refractivity contribution in [2.75, 3.05) is 44.3 Å². The highest BCUT2D eigenvalue weighted by molar-refractivity contribution is 7.91. The summed E-state index contributed by atoms with van der Waals surface area (Å²) in [6.07, 6.45) is 2.66. The van der Waals surface area contributed by atoms with Crippen LogP contribution in [0.5, 0.6) is 5.75 Å². The molecule has 0 aliphatic carbocycles. The first-order valence-corrected chi connectivity index (χ1v) is 22.1. The molecule has 0 bridgehead atoms. The van der Waals surface area contributed by atoms with Crippen LogP contribution in [-0.4, -0.2) is 76.9 Å². The molecule has 6 rings (SSSR count). The van der Waals surface area contributed by atoms with Crippen LogP contribution in [0.15, 0.2) is 35.5 Å². The molecule has 2 aliphatic heterocycles. The van der Waals surface area contributed by atoms with Crippen molar-refractivity contribution in [1.82, 2.24) is 15.0 Å². The van der Waals surface area contributed by atoms with Gasteiger partial charge in [0.2, 0.25) is 15.0 Å². The molecule has 2 aromatic carbocycles. The number of benzene rings is 2. The molecule has 4 heterocycles. The van der Waals surface area contributed by atoms with Crippen LogP contribution < -0.4 is 9.64 Å². The van der Waals surface area contributed by atoms with E-state index in [-0.39, 0.29) is 46.7 Å². The Kier molecular flexibility index (Phi) is 11.0. The smallest absolute Gasteiger partial charge is 0.249 e. The van der Waals surface area contributed by atoms with Crippen molar-refractivity contribution in [3.05, 3.63) is 53.2 Å². The number of allylic oxidation sites excluding steroid dienone is 1. The van der Waals surface area contributed by atoms with E-state index in [0.717, 1.165) is 0 Å². The Labute approximate surface area is 312 Å². The van der Waals surface area contributed by atoms with E-state index in [1.807, 2.05) is 17.9 Å². The fourth-order valence-electron chi connectivity index (χ4n) is 8.18. The largest absolute Gasteiger partial charge is 0.468 e. The number of anilines is 1. The second kappa shape index (κ2) is 15.0. The van der Waals surface area contributed by atoms with E-state index in [2.05, 4.69) is 63.0 Å². The van der Waals surface area contributed by atoms with Crippen LogP contribution in [0, 0.1) is 23.1 Å². The highest BCUT2D eigenvalue weighted by Crippen LogP contribution is 2.44. The van der Waals surface area contributed by atoms with Gasteiger partial charge in [-0.05, 0) is 59.1 Å². The maximum atomic E-state index is 17.5. The Morgan fingerprint density at radius 3 is 2.40 bits per heavy atom. The van der Waals surface area contributed by atoms with E-state index in [1.165, 1.54) is 20.1 Å². The van der Waals surface area contributed by atoms with Crippen molar-refractivity contribution in [2.45, 2.75) is 89.6 Å².